The van der Waals surface area contributed by atoms with Gasteiger partial charge in [0.25, 0.3) is 5.91 Å². The maximum atomic E-state index is 12.2. The Labute approximate surface area is 170 Å². The fourth-order valence-electron chi connectivity index (χ4n) is 2.59. The van der Waals surface area contributed by atoms with Crippen LogP contribution in [0.1, 0.15) is 41.0 Å². The number of carbonyl (C=O) groups excluding carboxylic acids is 2. The van der Waals surface area contributed by atoms with Gasteiger partial charge in [-0.3, -0.25) is 9.59 Å². The molecule has 152 valence electrons. The Kier molecular flexibility index (Phi) is 8.97. The Morgan fingerprint density at radius 3 is 2.50 bits per heavy atom. The molecule has 2 amide bonds. The van der Waals surface area contributed by atoms with Crippen LogP contribution >= 0.6 is 11.3 Å². The van der Waals surface area contributed by atoms with Gasteiger partial charge in [0.05, 0.1) is 19.2 Å². The third-order valence-corrected chi connectivity index (χ3v) is 5.25. The van der Waals surface area contributed by atoms with Gasteiger partial charge in [0.15, 0.2) is 0 Å². The molecule has 0 saturated carbocycles. The molecule has 2 N–H and O–H groups in total. The van der Waals surface area contributed by atoms with Gasteiger partial charge >= 0.3 is 0 Å². The predicted molar refractivity (Wildman–Crippen MR) is 113 cm³/mol. The summed E-state index contributed by atoms with van der Waals surface area (Å²) in [5.41, 5.74) is 0.500. The lowest BCUT2D eigenvalue weighted by Gasteiger charge is -2.23. The second-order valence-electron chi connectivity index (χ2n) is 6.71. The van der Waals surface area contributed by atoms with Crippen LogP contribution in [-0.2, 0) is 4.79 Å². The van der Waals surface area contributed by atoms with Gasteiger partial charge in [-0.2, -0.15) is 0 Å². The first-order valence-electron chi connectivity index (χ1n) is 9.48. The molecule has 1 aromatic carbocycles. The molecule has 2 aromatic rings. The van der Waals surface area contributed by atoms with Crippen molar-refractivity contribution in [2.24, 2.45) is 0 Å². The van der Waals surface area contributed by atoms with Crippen LogP contribution in [-0.4, -0.2) is 50.5 Å². The van der Waals surface area contributed by atoms with Gasteiger partial charge in [-0.05, 0) is 56.2 Å². The Bertz CT molecular complexity index is 730. The van der Waals surface area contributed by atoms with E-state index >= 15 is 0 Å². The van der Waals surface area contributed by atoms with E-state index in [0.717, 1.165) is 18.6 Å². The maximum absolute atomic E-state index is 12.2. The first kappa shape index (κ1) is 21.9. The summed E-state index contributed by atoms with van der Waals surface area (Å²) in [6, 6.07) is 11.1. The average Bonchev–Trinajstić information content (AvgIpc) is 3.21. The van der Waals surface area contributed by atoms with Crippen molar-refractivity contribution in [1.29, 1.82) is 0 Å². The molecule has 28 heavy (non-hydrogen) atoms. The Morgan fingerprint density at radius 2 is 1.89 bits per heavy atom. The number of rotatable bonds is 11. The lowest BCUT2D eigenvalue weighted by molar-refractivity contribution is -0.120. The van der Waals surface area contributed by atoms with E-state index in [2.05, 4.69) is 28.5 Å². The molecule has 1 heterocycles. The molecular weight excluding hydrogens is 374 g/mol. The number of thiophene rings is 1. The fourth-order valence-corrected chi connectivity index (χ4v) is 3.51. The minimum Gasteiger partial charge on any atom is -0.494 e. The number of hydrogen-bond donors (Lipinski definition) is 2. The molecule has 0 saturated heterocycles. The highest BCUT2D eigenvalue weighted by Crippen LogP contribution is 2.22. The molecule has 0 fully saturated rings. The van der Waals surface area contributed by atoms with Crippen LogP contribution < -0.4 is 15.4 Å². The molecule has 1 unspecified atom stereocenters. The quantitative estimate of drug-likeness (QED) is 0.566. The molecule has 7 heteroatoms. The van der Waals surface area contributed by atoms with Crippen LogP contribution in [0.2, 0.25) is 0 Å². The highest BCUT2D eigenvalue weighted by molar-refractivity contribution is 7.10. The van der Waals surface area contributed by atoms with Crippen LogP contribution in [0.25, 0.3) is 0 Å². The smallest absolute Gasteiger partial charge is 0.251 e. The summed E-state index contributed by atoms with van der Waals surface area (Å²) in [4.78, 5) is 27.6. The lowest BCUT2D eigenvalue weighted by atomic mass is 10.2. The van der Waals surface area contributed by atoms with Gasteiger partial charge in [-0.1, -0.05) is 19.4 Å². The van der Waals surface area contributed by atoms with Crippen molar-refractivity contribution in [1.82, 2.24) is 15.5 Å². The number of hydrogen-bond acceptors (Lipinski definition) is 5. The zero-order chi connectivity index (χ0) is 20.4. The third-order valence-electron chi connectivity index (χ3n) is 4.28. The zero-order valence-electron chi connectivity index (χ0n) is 16.7. The van der Waals surface area contributed by atoms with Crippen LogP contribution in [0.4, 0.5) is 0 Å². The van der Waals surface area contributed by atoms with Gasteiger partial charge in [-0.15, -0.1) is 11.3 Å². The standard InChI is InChI=1S/C21H29N3O3S/c1-4-5-12-27-17-10-8-16(9-11-17)21(26)23-15-20(25)22-14-18(24(2)3)19-7-6-13-28-19/h6-11,13,18H,4-5,12,14-15H2,1-3H3,(H,22,25)(H,23,26). The van der Waals surface area contributed by atoms with Crippen LogP contribution in [0, 0.1) is 0 Å². The van der Waals surface area contributed by atoms with Gasteiger partial charge in [0.1, 0.15) is 5.75 Å². The predicted octanol–water partition coefficient (Wildman–Crippen LogP) is 3.08. The summed E-state index contributed by atoms with van der Waals surface area (Å²) in [6.07, 6.45) is 2.07. The van der Waals surface area contributed by atoms with E-state index in [-0.39, 0.29) is 24.4 Å². The van der Waals surface area contributed by atoms with E-state index in [4.69, 9.17) is 4.74 Å². The van der Waals surface area contributed by atoms with Crippen molar-refractivity contribution in [2.45, 2.75) is 25.8 Å². The van der Waals surface area contributed by atoms with E-state index in [9.17, 15) is 9.59 Å². The minimum atomic E-state index is -0.280. The topological polar surface area (TPSA) is 70.7 Å². The van der Waals surface area contributed by atoms with Gasteiger partial charge in [0, 0.05) is 17.0 Å². The molecule has 0 radical (unpaired) electrons. The van der Waals surface area contributed by atoms with E-state index in [1.54, 1.807) is 35.6 Å². The van der Waals surface area contributed by atoms with Crippen molar-refractivity contribution in [2.75, 3.05) is 33.8 Å². The number of nitrogens with one attached hydrogen (secondary N) is 2. The molecule has 0 aliphatic carbocycles. The summed E-state index contributed by atoms with van der Waals surface area (Å²) in [7, 11) is 3.96. The normalized spacial score (nSPS) is 11.9. The van der Waals surface area contributed by atoms with E-state index in [0.29, 0.717) is 18.7 Å². The second kappa shape index (κ2) is 11.5. The summed E-state index contributed by atoms with van der Waals surface area (Å²) in [5, 5.41) is 7.57. The van der Waals surface area contributed by atoms with E-state index in [1.807, 2.05) is 25.5 Å². The summed E-state index contributed by atoms with van der Waals surface area (Å²) >= 11 is 1.66. The number of amides is 2. The summed E-state index contributed by atoms with van der Waals surface area (Å²) in [6.45, 7) is 3.21. The Hall–Kier alpha value is -2.38. The molecule has 0 spiro atoms. The number of ether oxygens (including phenoxy) is 1. The second-order valence-corrected chi connectivity index (χ2v) is 7.69. The van der Waals surface area contributed by atoms with Gasteiger partial charge in [0.2, 0.25) is 5.91 Å². The SMILES string of the molecule is CCCCOc1ccc(C(=O)NCC(=O)NCC(c2cccs2)N(C)C)cc1. The Balaban J connectivity index is 1.76. The maximum Gasteiger partial charge on any atom is 0.251 e. The highest BCUT2D eigenvalue weighted by atomic mass is 32.1. The number of nitrogens with zero attached hydrogens (tertiary/aromatic N) is 1. The molecular formula is C21H29N3O3S. The molecule has 1 aromatic heterocycles. The molecule has 0 aliphatic heterocycles. The summed E-state index contributed by atoms with van der Waals surface area (Å²) < 4.78 is 5.58. The number of benzene rings is 1. The van der Waals surface area contributed by atoms with Crippen LogP contribution in [0.5, 0.6) is 5.75 Å². The lowest BCUT2D eigenvalue weighted by Crippen LogP contribution is -2.40. The molecule has 0 bridgehead atoms. The van der Waals surface area contributed by atoms with Gasteiger partial charge < -0.3 is 20.3 Å². The Morgan fingerprint density at radius 1 is 1.14 bits per heavy atom. The van der Waals surface area contributed by atoms with Crippen molar-refractivity contribution < 1.29 is 14.3 Å². The first-order valence-corrected chi connectivity index (χ1v) is 10.4. The van der Waals surface area contributed by atoms with Crippen molar-refractivity contribution in [3.63, 3.8) is 0 Å². The van der Waals surface area contributed by atoms with Crippen molar-refractivity contribution >= 4 is 23.2 Å². The third kappa shape index (κ3) is 6.98. The zero-order valence-corrected chi connectivity index (χ0v) is 17.6. The molecule has 6 nitrogen and oxygen atoms in total. The minimum absolute atomic E-state index is 0.0574. The van der Waals surface area contributed by atoms with Crippen LogP contribution in [0.3, 0.4) is 0 Å². The largest absolute Gasteiger partial charge is 0.494 e. The number of unbranched alkanes of at least 4 members (excludes halogenated alkanes) is 1. The fraction of sp³-hybridized carbons (Fsp3) is 0.429. The van der Waals surface area contributed by atoms with E-state index < -0.39 is 0 Å². The average molecular weight is 404 g/mol. The number of carbonyl (C=O) groups is 2. The number of likely N-dealkylation sites (N-methyl/N-ethyl adjacent to an activating group) is 1. The molecule has 0 aliphatic rings. The van der Waals surface area contributed by atoms with Crippen molar-refractivity contribution in [3.8, 4) is 5.75 Å². The highest BCUT2D eigenvalue weighted by Gasteiger charge is 2.16. The van der Waals surface area contributed by atoms with E-state index in [1.165, 1.54) is 4.88 Å². The first-order chi connectivity index (χ1) is 13.5. The van der Waals surface area contributed by atoms with Gasteiger partial charge in [-0.25, -0.2) is 0 Å². The van der Waals surface area contributed by atoms with Crippen LogP contribution in [0.15, 0.2) is 41.8 Å². The molecule has 1 atom stereocenters. The molecule has 2 rings (SSSR count). The summed E-state index contributed by atoms with van der Waals surface area (Å²) in [5.74, 6) is 0.250. The monoisotopic (exact) mass is 403 g/mol. The van der Waals surface area contributed by atoms with Crippen molar-refractivity contribution in [3.05, 3.63) is 52.2 Å².